The minimum atomic E-state index is 0.0387. The number of nitrogens with zero attached hydrogens (tertiary/aromatic N) is 4. The molecule has 2 aromatic carbocycles. The molecule has 140 valence electrons. The van der Waals surface area contributed by atoms with Gasteiger partial charge >= 0.3 is 0 Å². The second kappa shape index (κ2) is 8.00. The molecule has 6 nitrogen and oxygen atoms in total. The molecule has 0 aliphatic rings. The zero-order valence-electron chi connectivity index (χ0n) is 15.6. The molecule has 0 unspecified atom stereocenters. The fourth-order valence-corrected chi connectivity index (χ4v) is 3.08. The summed E-state index contributed by atoms with van der Waals surface area (Å²) in [5.41, 5.74) is 1.94. The first-order chi connectivity index (χ1) is 13.7. The van der Waals surface area contributed by atoms with E-state index in [2.05, 4.69) is 45.5 Å². The minimum Gasteiger partial charge on any atom is -0.341 e. The molecule has 0 aliphatic heterocycles. The van der Waals surface area contributed by atoms with Gasteiger partial charge in [-0.15, -0.1) is 0 Å². The van der Waals surface area contributed by atoms with E-state index in [0.29, 0.717) is 31.1 Å². The van der Waals surface area contributed by atoms with Crippen LogP contribution in [0.5, 0.6) is 0 Å². The van der Waals surface area contributed by atoms with Crippen LogP contribution in [0.4, 0.5) is 0 Å². The fraction of sp³-hybridized carbons (Fsp3) is 0.182. The number of carbonyl (C=O) groups excluding carboxylic acids is 1. The Morgan fingerprint density at radius 2 is 1.82 bits per heavy atom. The Balaban J connectivity index is 1.35. The number of carbonyl (C=O) groups is 1. The van der Waals surface area contributed by atoms with Gasteiger partial charge in [-0.3, -0.25) is 9.78 Å². The van der Waals surface area contributed by atoms with E-state index in [1.807, 2.05) is 31.3 Å². The number of hydrogen-bond donors (Lipinski definition) is 0. The molecule has 0 atom stereocenters. The number of benzene rings is 2. The van der Waals surface area contributed by atoms with Gasteiger partial charge in [0.05, 0.1) is 0 Å². The molecule has 2 heterocycles. The lowest BCUT2D eigenvalue weighted by molar-refractivity contribution is -0.130. The van der Waals surface area contributed by atoms with Gasteiger partial charge in [0.15, 0.2) is 0 Å². The molecular weight excluding hydrogens is 352 g/mol. The Hall–Kier alpha value is -3.54. The summed E-state index contributed by atoms with van der Waals surface area (Å²) in [7, 11) is 1.81. The molecule has 4 aromatic rings. The zero-order valence-corrected chi connectivity index (χ0v) is 15.6. The summed E-state index contributed by atoms with van der Waals surface area (Å²) >= 11 is 0. The number of aryl methyl sites for hydroxylation is 1. The maximum absolute atomic E-state index is 12.5. The Morgan fingerprint density at radius 3 is 2.64 bits per heavy atom. The van der Waals surface area contributed by atoms with Crippen molar-refractivity contribution in [3.8, 4) is 11.4 Å². The lowest BCUT2D eigenvalue weighted by atomic mass is 10.1. The van der Waals surface area contributed by atoms with Gasteiger partial charge in [0.1, 0.15) is 0 Å². The van der Waals surface area contributed by atoms with Gasteiger partial charge in [0, 0.05) is 44.4 Å². The zero-order chi connectivity index (χ0) is 19.3. The summed E-state index contributed by atoms with van der Waals surface area (Å²) in [6, 6.07) is 18.1. The largest absolute Gasteiger partial charge is 0.341 e. The van der Waals surface area contributed by atoms with Crippen LogP contribution in [-0.2, 0) is 17.8 Å². The molecule has 0 saturated carbocycles. The maximum Gasteiger partial charge on any atom is 0.227 e. The van der Waals surface area contributed by atoms with Crippen LogP contribution in [-0.4, -0.2) is 33.0 Å². The highest BCUT2D eigenvalue weighted by Crippen LogP contribution is 2.18. The third kappa shape index (κ3) is 4.06. The van der Waals surface area contributed by atoms with Crippen molar-refractivity contribution in [2.45, 2.75) is 19.4 Å². The van der Waals surface area contributed by atoms with Gasteiger partial charge in [-0.05, 0) is 34.5 Å². The van der Waals surface area contributed by atoms with E-state index in [1.54, 1.807) is 17.3 Å². The van der Waals surface area contributed by atoms with Crippen LogP contribution in [0.3, 0.4) is 0 Å². The summed E-state index contributed by atoms with van der Waals surface area (Å²) in [5.74, 6) is 1.01. The topological polar surface area (TPSA) is 72.1 Å². The van der Waals surface area contributed by atoms with Crippen LogP contribution >= 0.6 is 0 Å². The lowest BCUT2D eigenvalue weighted by Gasteiger charge is -2.17. The monoisotopic (exact) mass is 372 g/mol. The van der Waals surface area contributed by atoms with E-state index in [1.165, 1.54) is 10.8 Å². The summed E-state index contributed by atoms with van der Waals surface area (Å²) in [6.07, 6.45) is 4.09. The standard InChI is InChI=1S/C22H20N4O2/c1-26(15-16-6-7-17-4-2-3-5-19(17)14-16)21(27)9-8-20-24-22(25-28-20)18-10-12-23-13-11-18/h2-7,10-14H,8-9,15H2,1H3. The first kappa shape index (κ1) is 17.9. The predicted molar refractivity (Wildman–Crippen MR) is 106 cm³/mol. The van der Waals surface area contributed by atoms with E-state index in [4.69, 9.17) is 4.52 Å². The normalized spacial score (nSPS) is 10.9. The molecule has 0 N–H and O–H groups in total. The Bertz CT molecular complexity index is 1090. The van der Waals surface area contributed by atoms with Gasteiger partial charge in [-0.1, -0.05) is 41.6 Å². The molecule has 2 aromatic heterocycles. The molecule has 0 spiro atoms. The SMILES string of the molecule is CN(Cc1ccc2ccccc2c1)C(=O)CCc1nc(-c2ccncc2)no1. The Labute approximate surface area is 162 Å². The van der Waals surface area contributed by atoms with Crippen molar-refractivity contribution in [3.05, 3.63) is 78.4 Å². The predicted octanol–water partition coefficient (Wildman–Crippen LogP) is 3.88. The van der Waals surface area contributed by atoms with Crippen LogP contribution < -0.4 is 0 Å². The second-order valence-electron chi connectivity index (χ2n) is 6.68. The highest BCUT2D eigenvalue weighted by atomic mass is 16.5. The van der Waals surface area contributed by atoms with Crippen LogP contribution in [0, 0.1) is 0 Å². The van der Waals surface area contributed by atoms with E-state index in [9.17, 15) is 4.79 Å². The van der Waals surface area contributed by atoms with E-state index in [-0.39, 0.29) is 5.91 Å². The average Bonchev–Trinajstić information content (AvgIpc) is 3.21. The summed E-state index contributed by atoms with van der Waals surface area (Å²) < 4.78 is 5.26. The molecule has 4 rings (SSSR count). The lowest BCUT2D eigenvalue weighted by Crippen LogP contribution is -2.26. The molecule has 0 saturated heterocycles. The Kier molecular flexibility index (Phi) is 5.10. The van der Waals surface area contributed by atoms with E-state index >= 15 is 0 Å². The number of fused-ring (bicyclic) bond motifs is 1. The third-order valence-corrected chi connectivity index (χ3v) is 4.62. The molecule has 0 fully saturated rings. The van der Waals surface area contributed by atoms with Crippen molar-refractivity contribution in [1.82, 2.24) is 20.0 Å². The van der Waals surface area contributed by atoms with Crippen molar-refractivity contribution in [3.63, 3.8) is 0 Å². The average molecular weight is 372 g/mol. The third-order valence-electron chi connectivity index (χ3n) is 4.62. The summed E-state index contributed by atoms with van der Waals surface area (Å²) in [4.78, 5) is 22.5. The molecule has 28 heavy (non-hydrogen) atoms. The number of amides is 1. The van der Waals surface area contributed by atoms with Crippen molar-refractivity contribution in [2.24, 2.45) is 0 Å². The highest BCUT2D eigenvalue weighted by molar-refractivity contribution is 5.83. The number of aromatic nitrogens is 3. The summed E-state index contributed by atoms with van der Waals surface area (Å²) in [5, 5.41) is 6.34. The number of rotatable bonds is 6. The smallest absolute Gasteiger partial charge is 0.227 e. The maximum atomic E-state index is 12.5. The van der Waals surface area contributed by atoms with Gasteiger partial charge < -0.3 is 9.42 Å². The van der Waals surface area contributed by atoms with Gasteiger partial charge in [0.25, 0.3) is 0 Å². The second-order valence-corrected chi connectivity index (χ2v) is 6.68. The minimum absolute atomic E-state index is 0.0387. The van der Waals surface area contributed by atoms with Crippen molar-refractivity contribution >= 4 is 16.7 Å². The van der Waals surface area contributed by atoms with Crippen molar-refractivity contribution < 1.29 is 9.32 Å². The van der Waals surface area contributed by atoms with E-state index in [0.717, 1.165) is 11.1 Å². The van der Waals surface area contributed by atoms with Crippen LogP contribution in [0.2, 0.25) is 0 Å². The fourth-order valence-electron chi connectivity index (χ4n) is 3.08. The van der Waals surface area contributed by atoms with Gasteiger partial charge in [-0.25, -0.2) is 0 Å². The van der Waals surface area contributed by atoms with E-state index < -0.39 is 0 Å². The molecule has 0 radical (unpaired) electrons. The van der Waals surface area contributed by atoms with Crippen molar-refractivity contribution in [1.29, 1.82) is 0 Å². The Morgan fingerprint density at radius 1 is 1.04 bits per heavy atom. The highest BCUT2D eigenvalue weighted by Gasteiger charge is 2.14. The molecule has 1 amide bonds. The first-order valence-corrected chi connectivity index (χ1v) is 9.14. The quantitative estimate of drug-likeness (QED) is 0.514. The first-order valence-electron chi connectivity index (χ1n) is 9.14. The van der Waals surface area contributed by atoms with Crippen LogP contribution in [0.1, 0.15) is 17.9 Å². The van der Waals surface area contributed by atoms with Crippen LogP contribution in [0.15, 0.2) is 71.5 Å². The van der Waals surface area contributed by atoms with Crippen molar-refractivity contribution in [2.75, 3.05) is 7.05 Å². The molecule has 0 aliphatic carbocycles. The summed E-state index contributed by atoms with van der Waals surface area (Å²) in [6.45, 7) is 0.565. The number of pyridine rings is 1. The van der Waals surface area contributed by atoms with Crippen LogP contribution in [0.25, 0.3) is 22.2 Å². The number of hydrogen-bond acceptors (Lipinski definition) is 5. The van der Waals surface area contributed by atoms with Gasteiger partial charge in [-0.2, -0.15) is 4.98 Å². The van der Waals surface area contributed by atoms with Gasteiger partial charge in [0.2, 0.25) is 17.6 Å². The molecule has 0 bridgehead atoms. The molecular formula is C22H20N4O2. The molecule has 6 heteroatoms.